The highest BCUT2D eigenvalue weighted by Gasteiger charge is 2.23. The van der Waals surface area contributed by atoms with Crippen molar-refractivity contribution in [2.75, 3.05) is 7.11 Å². The minimum atomic E-state index is -0.742. The molecule has 0 heterocycles. The summed E-state index contributed by atoms with van der Waals surface area (Å²) in [5.74, 6) is -0.225. The lowest BCUT2D eigenvalue weighted by atomic mass is 9.88. The van der Waals surface area contributed by atoms with E-state index >= 15 is 0 Å². The average molecular weight is 250 g/mol. The molecule has 1 aromatic carbocycles. The molecule has 1 rings (SSSR count). The Kier molecular flexibility index (Phi) is 5.20. The van der Waals surface area contributed by atoms with Gasteiger partial charge in [0.2, 0.25) is 0 Å². The third-order valence-corrected chi connectivity index (χ3v) is 3.31. The van der Waals surface area contributed by atoms with Gasteiger partial charge in [0.15, 0.2) is 0 Å². The minimum absolute atomic E-state index is 0.109. The van der Waals surface area contributed by atoms with Crippen molar-refractivity contribution in [1.82, 2.24) is 0 Å². The molecular weight excluding hydrogens is 228 g/mol. The highest BCUT2D eigenvalue weighted by atomic mass is 16.5. The van der Waals surface area contributed by atoms with Gasteiger partial charge in [0.25, 0.3) is 0 Å². The molecular formula is C15H22O3. The van der Waals surface area contributed by atoms with Gasteiger partial charge in [-0.25, -0.2) is 0 Å². The van der Waals surface area contributed by atoms with Crippen molar-refractivity contribution in [2.24, 2.45) is 11.8 Å². The highest BCUT2D eigenvalue weighted by Crippen LogP contribution is 2.26. The number of ether oxygens (including phenoxy) is 1. The predicted octanol–water partition coefficient (Wildman–Crippen LogP) is 3.16. The predicted molar refractivity (Wildman–Crippen MR) is 72.0 cm³/mol. The molecule has 3 nitrogen and oxygen atoms in total. The van der Waals surface area contributed by atoms with Gasteiger partial charge >= 0.3 is 5.97 Å². The van der Waals surface area contributed by atoms with E-state index in [1.54, 1.807) is 7.11 Å². The lowest BCUT2D eigenvalue weighted by Crippen LogP contribution is -2.22. The molecule has 0 aliphatic carbocycles. The quantitative estimate of drug-likeness (QED) is 0.843. The second-order valence-electron chi connectivity index (χ2n) is 4.89. The molecule has 1 atom stereocenters. The Morgan fingerprint density at radius 3 is 2.50 bits per heavy atom. The lowest BCUT2D eigenvalue weighted by molar-refractivity contribution is -0.143. The number of hydrogen-bond donors (Lipinski definition) is 1. The van der Waals surface area contributed by atoms with Crippen LogP contribution in [0.25, 0.3) is 0 Å². The van der Waals surface area contributed by atoms with Crippen molar-refractivity contribution in [3.05, 3.63) is 29.3 Å². The Morgan fingerprint density at radius 2 is 2.06 bits per heavy atom. The van der Waals surface area contributed by atoms with Crippen LogP contribution in [0.2, 0.25) is 0 Å². The molecule has 0 saturated heterocycles. The molecule has 0 fully saturated rings. The summed E-state index contributed by atoms with van der Waals surface area (Å²) < 4.78 is 5.31. The molecule has 0 bridgehead atoms. The van der Waals surface area contributed by atoms with Gasteiger partial charge < -0.3 is 9.84 Å². The van der Waals surface area contributed by atoms with E-state index in [9.17, 15) is 9.90 Å². The molecule has 100 valence electrons. The summed E-state index contributed by atoms with van der Waals surface area (Å²) in [5.41, 5.74) is 2.19. The van der Waals surface area contributed by atoms with E-state index in [2.05, 4.69) is 13.0 Å². The molecule has 1 N–H and O–H groups in total. The normalized spacial score (nSPS) is 12.5. The Morgan fingerprint density at radius 1 is 1.39 bits per heavy atom. The maximum Gasteiger partial charge on any atom is 0.307 e. The van der Waals surface area contributed by atoms with E-state index in [1.807, 2.05) is 26.0 Å². The first-order valence-electron chi connectivity index (χ1n) is 6.38. The van der Waals surface area contributed by atoms with Crippen LogP contribution in [-0.4, -0.2) is 18.2 Å². The van der Waals surface area contributed by atoms with Crippen LogP contribution in [0, 0.1) is 11.8 Å². The second-order valence-corrected chi connectivity index (χ2v) is 4.89. The maximum absolute atomic E-state index is 11.3. The fourth-order valence-corrected chi connectivity index (χ4v) is 2.06. The molecule has 0 aromatic heterocycles. The molecule has 0 spiro atoms. The van der Waals surface area contributed by atoms with Crippen molar-refractivity contribution in [1.29, 1.82) is 0 Å². The van der Waals surface area contributed by atoms with Gasteiger partial charge in [0, 0.05) is 0 Å². The molecule has 0 amide bonds. The Balaban J connectivity index is 3.03. The molecule has 18 heavy (non-hydrogen) atoms. The van der Waals surface area contributed by atoms with Gasteiger partial charge in [0.05, 0.1) is 13.0 Å². The third-order valence-electron chi connectivity index (χ3n) is 3.31. The van der Waals surface area contributed by atoms with Crippen molar-refractivity contribution in [3.8, 4) is 5.75 Å². The van der Waals surface area contributed by atoms with Crippen LogP contribution in [-0.2, 0) is 17.6 Å². The second kappa shape index (κ2) is 6.43. The summed E-state index contributed by atoms with van der Waals surface area (Å²) in [6.07, 6.45) is 1.46. The molecule has 0 radical (unpaired) electrons. The Labute approximate surface area is 109 Å². The van der Waals surface area contributed by atoms with E-state index < -0.39 is 5.97 Å². The number of hydrogen-bond acceptors (Lipinski definition) is 2. The summed E-state index contributed by atoms with van der Waals surface area (Å²) in [4.78, 5) is 11.3. The van der Waals surface area contributed by atoms with Crippen LogP contribution < -0.4 is 4.74 Å². The van der Waals surface area contributed by atoms with Crippen LogP contribution in [0.1, 0.15) is 31.9 Å². The minimum Gasteiger partial charge on any atom is -0.496 e. The number of benzene rings is 1. The largest absolute Gasteiger partial charge is 0.496 e. The fourth-order valence-electron chi connectivity index (χ4n) is 2.06. The van der Waals surface area contributed by atoms with Gasteiger partial charge in [-0.05, 0) is 36.0 Å². The van der Waals surface area contributed by atoms with Crippen molar-refractivity contribution in [2.45, 2.75) is 33.6 Å². The average Bonchev–Trinajstić information content (AvgIpc) is 2.34. The number of carbonyl (C=O) groups is 1. The maximum atomic E-state index is 11.3. The summed E-state index contributed by atoms with van der Waals surface area (Å²) in [5, 5.41) is 9.25. The van der Waals surface area contributed by atoms with Crippen LogP contribution >= 0.6 is 0 Å². The number of aliphatic carboxylic acids is 1. The van der Waals surface area contributed by atoms with E-state index in [4.69, 9.17) is 4.74 Å². The van der Waals surface area contributed by atoms with Crippen molar-refractivity contribution < 1.29 is 14.6 Å². The van der Waals surface area contributed by atoms with E-state index in [1.165, 1.54) is 5.56 Å². The van der Waals surface area contributed by atoms with Gasteiger partial charge in [-0.1, -0.05) is 32.9 Å². The Hall–Kier alpha value is -1.51. The molecule has 0 saturated carbocycles. The van der Waals surface area contributed by atoms with Gasteiger partial charge in [0.1, 0.15) is 5.75 Å². The zero-order valence-corrected chi connectivity index (χ0v) is 11.6. The number of rotatable bonds is 6. The number of aryl methyl sites for hydroxylation is 1. The van der Waals surface area contributed by atoms with Gasteiger partial charge in [-0.3, -0.25) is 4.79 Å². The van der Waals surface area contributed by atoms with Crippen LogP contribution in [0.3, 0.4) is 0 Å². The SMILES string of the molecule is CCc1ccc(OC)c(CC(C(=O)O)C(C)C)c1. The van der Waals surface area contributed by atoms with E-state index in [0.717, 1.165) is 17.7 Å². The smallest absolute Gasteiger partial charge is 0.307 e. The number of carboxylic acid groups (broad SMARTS) is 1. The van der Waals surface area contributed by atoms with Crippen molar-refractivity contribution >= 4 is 5.97 Å². The van der Waals surface area contributed by atoms with Crippen molar-refractivity contribution in [3.63, 3.8) is 0 Å². The molecule has 1 aromatic rings. The van der Waals surface area contributed by atoms with E-state index in [-0.39, 0.29) is 11.8 Å². The summed E-state index contributed by atoms with van der Waals surface area (Å²) in [7, 11) is 1.62. The molecule has 0 aliphatic rings. The van der Waals surface area contributed by atoms with E-state index in [0.29, 0.717) is 6.42 Å². The standard InChI is InChI=1S/C15H22O3/c1-5-11-6-7-14(18-4)12(8-11)9-13(10(2)3)15(16)17/h6-8,10,13H,5,9H2,1-4H3,(H,16,17). The Bertz CT molecular complexity index is 410. The van der Waals surface area contributed by atoms with Gasteiger partial charge in [-0.15, -0.1) is 0 Å². The first-order chi connectivity index (χ1) is 8.49. The molecule has 0 aliphatic heterocycles. The lowest BCUT2D eigenvalue weighted by Gasteiger charge is -2.18. The zero-order chi connectivity index (χ0) is 13.7. The number of carboxylic acids is 1. The molecule has 1 unspecified atom stereocenters. The van der Waals surface area contributed by atoms with Crippen LogP contribution in [0.15, 0.2) is 18.2 Å². The highest BCUT2D eigenvalue weighted by molar-refractivity contribution is 5.71. The third kappa shape index (κ3) is 3.49. The van der Waals surface area contributed by atoms with Gasteiger partial charge in [-0.2, -0.15) is 0 Å². The van der Waals surface area contributed by atoms with Crippen LogP contribution in [0.4, 0.5) is 0 Å². The number of methoxy groups -OCH3 is 1. The summed E-state index contributed by atoms with van der Waals surface area (Å²) >= 11 is 0. The topological polar surface area (TPSA) is 46.5 Å². The molecule has 3 heteroatoms. The summed E-state index contributed by atoms with van der Waals surface area (Å²) in [6, 6.07) is 6.00. The fraction of sp³-hybridized carbons (Fsp3) is 0.533. The van der Waals surface area contributed by atoms with Crippen LogP contribution in [0.5, 0.6) is 5.75 Å². The first kappa shape index (κ1) is 14.6. The first-order valence-corrected chi connectivity index (χ1v) is 6.38. The summed E-state index contributed by atoms with van der Waals surface area (Å²) in [6.45, 7) is 5.96. The monoisotopic (exact) mass is 250 g/mol. The zero-order valence-electron chi connectivity index (χ0n) is 11.6.